The summed E-state index contributed by atoms with van der Waals surface area (Å²) in [5.41, 5.74) is 36.3. The lowest BCUT2D eigenvalue weighted by molar-refractivity contribution is 0.415. The molecule has 2 fully saturated rings. The molecule has 108 heavy (non-hydrogen) atoms. The summed E-state index contributed by atoms with van der Waals surface area (Å²) in [6.45, 7) is 6.13. The van der Waals surface area contributed by atoms with E-state index in [1.54, 1.807) is 43.5 Å². The number of nitrogens with two attached hydrogens (primary N) is 4. The molecule has 8 aromatic carbocycles. The number of aromatic nitrogens is 20. The molecule has 0 amide bonds. The molecule has 18 rings (SSSR count). The minimum atomic E-state index is 0.126. The number of ether oxygens (including phenoxy) is 1. The van der Waals surface area contributed by atoms with Gasteiger partial charge in [0.05, 0.1) is 62.9 Å². The Hall–Kier alpha value is -14.3. The van der Waals surface area contributed by atoms with E-state index in [0.717, 1.165) is 134 Å². The molecule has 0 spiro atoms. The summed E-state index contributed by atoms with van der Waals surface area (Å²) in [6, 6.07) is 63.5. The maximum atomic E-state index is 8.93. The molecular formula is C77H70ClN29O. The Bertz CT molecular complexity index is 5970. The molecule has 536 valence electrons. The molecule has 0 bridgehead atoms. The van der Waals surface area contributed by atoms with Crippen LogP contribution >= 0.6 is 11.6 Å². The maximum absolute atomic E-state index is 8.93. The first-order valence-corrected chi connectivity index (χ1v) is 35.1. The predicted molar refractivity (Wildman–Crippen MR) is 418 cm³/mol. The van der Waals surface area contributed by atoms with E-state index in [9.17, 15) is 0 Å². The predicted octanol–water partition coefficient (Wildman–Crippen LogP) is 13.9. The first-order chi connectivity index (χ1) is 52.7. The summed E-state index contributed by atoms with van der Waals surface area (Å²) >= 11 is 5.94. The second-order valence-electron chi connectivity index (χ2n) is 25.1. The van der Waals surface area contributed by atoms with Crippen molar-refractivity contribution in [3.63, 3.8) is 0 Å². The van der Waals surface area contributed by atoms with Gasteiger partial charge in [0, 0.05) is 52.4 Å². The van der Waals surface area contributed by atoms with Gasteiger partial charge in [0.25, 0.3) is 0 Å². The molecule has 8 heterocycles. The molecular weight excluding hydrogens is 1380 g/mol. The summed E-state index contributed by atoms with van der Waals surface area (Å²) < 4.78 is 13.0. The Morgan fingerprint density at radius 2 is 0.694 bits per heavy atom. The molecule has 2 aliphatic rings. The molecule has 30 nitrogen and oxygen atoms in total. The van der Waals surface area contributed by atoms with Crippen LogP contribution in [0, 0.1) is 18.3 Å². The van der Waals surface area contributed by atoms with Gasteiger partial charge in [0.1, 0.15) is 29.0 Å². The van der Waals surface area contributed by atoms with Gasteiger partial charge in [0.2, 0.25) is 71.4 Å². The largest absolute Gasteiger partial charge is 0.497 e. The molecule has 2 aliphatic carbocycles. The topological polar surface area (TPSA) is 411 Å². The number of methoxy groups -OCH3 is 1. The smallest absolute Gasteiger partial charge is 0.242 e. The highest BCUT2D eigenvalue weighted by molar-refractivity contribution is 6.30. The number of nitrogen functional groups attached to an aromatic ring is 4. The van der Waals surface area contributed by atoms with Crippen molar-refractivity contribution < 1.29 is 4.74 Å². The third-order valence-electron chi connectivity index (χ3n) is 17.3. The van der Waals surface area contributed by atoms with E-state index < -0.39 is 0 Å². The lowest BCUT2D eigenvalue weighted by Gasteiger charge is -2.10. The number of nitrogens with one attached hydrogen (secondary N) is 4. The van der Waals surface area contributed by atoms with Crippen molar-refractivity contribution in [1.82, 2.24) is 98.0 Å². The number of rotatable bonds is 17. The van der Waals surface area contributed by atoms with Crippen LogP contribution in [0.1, 0.15) is 85.8 Å². The highest BCUT2D eigenvalue weighted by Crippen LogP contribution is 2.43. The van der Waals surface area contributed by atoms with Gasteiger partial charge in [-0.2, -0.15) is 65.1 Å². The standard InChI is InChI=1S/C20H16N8.C19H16ClN7.C19H19N7O.C19H19N7/c21-11-12-5-9-14(10-6-12)23-19-25-18(22)26-20(27-19)28-16-4-2-1-3-15(16)24-17(28)13-7-8-13;20-12-7-9-13(10-8-12)22-18-24-17(21)25-19(26-18)27-15-4-2-1-3-14(15)23-16(27)11-5-6-11;1-3-16-22-14-6-4-5-7-15(14)26(16)19-24-17(20)23-18(25-19)21-12-8-10-13(27-2)11-9-12;1-3-16-22-14-6-4-5-7-15(14)26(16)19-24-17(20)23-18(25-19)21-13-10-8-12(2)9-11-13/h1-6,9-10,13H,7-8H2,(H3,22,23,25,26,27);1-4,7-11H,5-6H2,(H3,21,22,24,25,26);4-11H,3H2,1-2H3,(H3,20,21,23,24,25);4-11H,3H2,1-2H3,(H3,20,21,23,24,25). The molecule has 16 aromatic rings. The Morgan fingerprint density at radius 3 is 1.03 bits per heavy atom. The molecule has 0 radical (unpaired) electrons. The normalized spacial score (nSPS) is 12.3. The van der Waals surface area contributed by atoms with Crippen LogP contribution in [0.3, 0.4) is 0 Å². The van der Waals surface area contributed by atoms with E-state index in [0.29, 0.717) is 70.0 Å². The van der Waals surface area contributed by atoms with Crippen molar-refractivity contribution in [2.75, 3.05) is 51.3 Å². The SMILES string of the molecule is CCc1nc2ccccc2n1-c1nc(N)nc(Nc2ccc(C)cc2)n1.CCc1nc2ccccc2n1-c1nc(N)nc(Nc2ccc(OC)cc2)n1.N#Cc1ccc(Nc2nc(N)nc(-n3c(C4CC4)nc4ccccc43)n2)cc1.Nc1nc(Nc2ccc(Cl)cc2)nc(-n2c(C3CC3)nc3ccccc32)n1. The van der Waals surface area contributed by atoms with Gasteiger partial charge in [0.15, 0.2) is 0 Å². The van der Waals surface area contributed by atoms with E-state index in [1.807, 2.05) is 197 Å². The number of hydrogen-bond acceptors (Lipinski definition) is 26. The number of benzene rings is 8. The van der Waals surface area contributed by atoms with Crippen LogP contribution in [0.5, 0.6) is 5.75 Å². The lowest BCUT2D eigenvalue weighted by atomic mass is 10.2. The molecule has 0 aliphatic heterocycles. The third-order valence-corrected chi connectivity index (χ3v) is 17.6. The van der Waals surface area contributed by atoms with Crippen LogP contribution in [0.15, 0.2) is 194 Å². The van der Waals surface area contributed by atoms with Crippen molar-refractivity contribution in [2.24, 2.45) is 0 Å². The average molecular weight is 1450 g/mol. The van der Waals surface area contributed by atoms with E-state index in [2.05, 4.69) is 97.1 Å². The Balaban J connectivity index is 0.000000115. The molecule has 0 saturated heterocycles. The van der Waals surface area contributed by atoms with E-state index in [1.165, 1.54) is 5.56 Å². The number of fused-ring (bicyclic) bond motifs is 4. The maximum Gasteiger partial charge on any atom is 0.242 e. The fourth-order valence-corrected chi connectivity index (χ4v) is 12.1. The number of anilines is 12. The monoisotopic (exact) mass is 1450 g/mol. The van der Waals surface area contributed by atoms with Crippen LogP contribution in [0.2, 0.25) is 5.02 Å². The highest BCUT2D eigenvalue weighted by Gasteiger charge is 2.33. The number of para-hydroxylation sites is 8. The number of nitriles is 1. The number of imidazole rings is 4. The molecule has 8 aromatic heterocycles. The Labute approximate surface area is 622 Å². The van der Waals surface area contributed by atoms with E-state index >= 15 is 0 Å². The second-order valence-corrected chi connectivity index (χ2v) is 25.5. The minimum absolute atomic E-state index is 0.126. The average Bonchev–Trinajstić information content (AvgIpc) is 1.61. The van der Waals surface area contributed by atoms with Crippen molar-refractivity contribution >= 4 is 126 Å². The zero-order valence-electron chi connectivity index (χ0n) is 58.9. The number of halogens is 1. The van der Waals surface area contributed by atoms with E-state index in [-0.39, 0.29) is 23.8 Å². The molecule has 2 saturated carbocycles. The number of nitrogens with zero attached hydrogens (tertiary/aromatic N) is 21. The first kappa shape index (κ1) is 69.4. The second kappa shape index (κ2) is 30.5. The Morgan fingerprint density at radius 1 is 0.389 bits per heavy atom. The van der Waals surface area contributed by atoms with Gasteiger partial charge in [-0.3, -0.25) is 18.3 Å². The Kier molecular flexibility index (Phi) is 19.6. The first-order valence-electron chi connectivity index (χ1n) is 34.7. The van der Waals surface area contributed by atoms with Gasteiger partial charge >= 0.3 is 0 Å². The van der Waals surface area contributed by atoms with Crippen molar-refractivity contribution in [3.05, 3.63) is 234 Å². The highest BCUT2D eigenvalue weighted by atomic mass is 35.5. The molecule has 0 unspecified atom stereocenters. The summed E-state index contributed by atoms with van der Waals surface area (Å²) in [7, 11) is 1.63. The quantitative estimate of drug-likeness (QED) is 0.0420. The van der Waals surface area contributed by atoms with Gasteiger partial charge < -0.3 is 48.9 Å². The molecule has 12 N–H and O–H groups in total. The van der Waals surface area contributed by atoms with Crippen LogP contribution < -0.4 is 48.9 Å². The van der Waals surface area contributed by atoms with Gasteiger partial charge in [-0.25, -0.2) is 19.9 Å². The summed E-state index contributed by atoms with van der Waals surface area (Å²) in [5.74, 6) is 9.13. The minimum Gasteiger partial charge on any atom is -0.497 e. The van der Waals surface area contributed by atoms with Crippen LogP contribution in [0.25, 0.3) is 67.9 Å². The number of aryl methyl sites for hydroxylation is 3. The number of hydrogen-bond donors (Lipinski definition) is 8. The zero-order chi connectivity index (χ0) is 74.4. The van der Waals surface area contributed by atoms with Gasteiger partial charge in [-0.05, 0) is 166 Å². The van der Waals surface area contributed by atoms with Crippen LogP contribution in [-0.4, -0.2) is 105 Å². The fourth-order valence-electron chi connectivity index (χ4n) is 11.9. The summed E-state index contributed by atoms with van der Waals surface area (Å²) in [4.78, 5) is 71.4. The zero-order valence-corrected chi connectivity index (χ0v) is 59.6. The summed E-state index contributed by atoms with van der Waals surface area (Å²) in [5, 5.41) is 22.2. The van der Waals surface area contributed by atoms with Gasteiger partial charge in [-0.15, -0.1) is 0 Å². The fraction of sp³-hybridized carbons (Fsp3) is 0.156. The van der Waals surface area contributed by atoms with Crippen LogP contribution in [0.4, 0.5) is 70.3 Å². The molecule has 0 atom stereocenters. The van der Waals surface area contributed by atoms with Crippen LogP contribution in [-0.2, 0) is 12.8 Å². The molecule has 31 heteroatoms. The lowest BCUT2D eigenvalue weighted by Crippen LogP contribution is -2.11. The van der Waals surface area contributed by atoms with Crippen molar-refractivity contribution in [3.8, 4) is 35.6 Å². The van der Waals surface area contributed by atoms with E-state index in [4.69, 9.17) is 54.5 Å². The summed E-state index contributed by atoms with van der Waals surface area (Å²) in [6.07, 6.45) is 5.96. The van der Waals surface area contributed by atoms with Gasteiger partial charge in [-0.1, -0.05) is 91.7 Å². The third kappa shape index (κ3) is 15.6. The van der Waals surface area contributed by atoms with Crippen molar-refractivity contribution in [1.29, 1.82) is 5.26 Å². The van der Waals surface area contributed by atoms with Crippen molar-refractivity contribution in [2.45, 2.75) is 71.1 Å².